The summed E-state index contributed by atoms with van der Waals surface area (Å²) in [5, 5.41) is 19.2. The van der Waals surface area contributed by atoms with Crippen molar-refractivity contribution in [2.45, 2.75) is 70.7 Å². The first-order valence-corrected chi connectivity index (χ1v) is 13.5. The Balaban J connectivity index is 1.67. The third-order valence-corrected chi connectivity index (χ3v) is 7.83. The average molecular weight is 503 g/mol. The van der Waals surface area contributed by atoms with Crippen LogP contribution in [0.25, 0.3) is 10.9 Å². The molecule has 0 radical (unpaired) electrons. The zero-order valence-electron chi connectivity index (χ0n) is 20.5. The Morgan fingerprint density at radius 3 is 2.57 bits per heavy atom. The molecule has 2 aromatic rings. The van der Waals surface area contributed by atoms with Crippen LogP contribution in [0.1, 0.15) is 63.4 Å². The minimum atomic E-state index is -3.31. The highest BCUT2D eigenvalue weighted by molar-refractivity contribution is 7.90. The van der Waals surface area contributed by atoms with Gasteiger partial charge < -0.3 is 10.6 Å². The quantitative estimate of drug-likeness (QED) is 0.379. The van der Waals surface area contributed by atoms with Crippen LogP contribution < -0.4 is 15.4 Å². The van der Waals surface area contributed by atoms with Gasteiger partial charge in [-0.15, -0.1) is 0 Å². The van der Waals surface area contributed by atoms with E-state index in [9.17, 15) is 18.0 Å². The third kappa shape index (κ3) is 7.02. The largest absolute Gasteiger partial charge is 0.353 e. The summed E-state index contributed by atoms with van der Waals surface area (Å²) >= 11 is 0. The summed E-state index contributed by atoms with van der Waals surface area (Å²) in [6, 6.07) is 8.69. The Labute approximate surface area is 206 Å². The first kappa shape index (κ1) is 26.6. The van der Waals surface area contributed by atoms with Gasteiger partial charge in [0.05, 0.1) is 16.8 Å². The fourth-order valence-electron chi connectivity index (χ4n) is 3.78. The number of unbranched alkanes of at least 4 members (excludes halogenated alkanes) is 2. The molecule has 1 atom stereocenters. The molecule has 0 saturated heterocycles. The zero-order chi connectivity index (χ0) is 25.6. The minimum absolute atomic E-state index is 0.0935. The Morgan fingerprint density at radius 1 is 1.20 bits per heavy atom. The second-order valence-electron chi connectivity index (χ2n) is 9.91. The number of carbonyl (C=O) groups excluding carboxylic acids is 2. The molecule has 1 saturated carbocycles. The number of fused-ring (bicyclic) bond motifs is 1. The molecule has 11 heteroatoms. The van der Waals surface area contributed by atoms with Gasteiger partial charge in [-0.2, -0.15) is 10.4 Å². The Kier molecular flexibility index (Phi) is 8.51. The molecule has 0 bridgehead atoms. The van der Waals surface area contributed by atoms with E-state index in [0.717, 1.165) is 18.4 Å². The van der Waals surface area contributed by atoms with E-state index >= 15 is 0 Å². The van der Waals surface area contributed by atoms with Crippen molar-refractivity contribution in [1.82, 2.24) is 25.1 Å². The van der Waals surface area contributed by atoms with E-state index in [0.29, 0.717) is 31.2 Å². The molecule has 190 valence electrons. The van der Waals surface area contributed by atoms with E-state index in [1.54, 1.807) is 4.68 Å². The molecule has 2 amide bonds. The lowest BCUT2D eigenvalue weighted by Gasteiger charge is -2.30. The van der Waals surface area contributed by atoms with Crippen molar-refractivity contribution in [3.8, 4) is 6.07 Å². The number of hydrogen-bond acceptors (Lipinski definition) is 6. The molecule has 1 aromatic carbocycles. The lowest BCUT2D eigenvalue weighted by molar-refractivity contribution is -0.125. The van der Waals surface area contributed by atoms with Gasteiger partial charge in [-0.1, -0.05) is 39.0 Å². The molecular weight excluding hydrogens is 468 g/mol. The summed E-state index contributed by atoms with van der Waals surface area (Å²) in [6.07, 6.45) is 3.32. The van der Waals surface area contributed by atoms with Crippen LogP contribution in [0.15, 0.2) is 24.3 Å². The van der Waals surface area contributed by atoms with Gasteiger partial charge in [-0.25, -0.2) is 13.1 Å². The predicted octanol–water partition coefficient (Wildman–Crippen LogP) is 2.07. The Morgan fingerprint density at radius 2 is 1.91 bits per heavy atom. The molecular formula is C24H34N6O4S. The van der Waals surface area contributed by atoms with Gasteiger partial charge in [0.1, 0.15) is 6.04 Å². The number of nitriles is 1. The summed E-state index contributed by atoms with van der Waals surface area (Å²) in [7, 11) is -3.31. The SMILES string of the molecule is CC(C)(C)[C@H](NC(=O)c1nn(CCCCC#N)c2ccccc12)C(=O)NCCNS(=O)(=O)C1CC1. The number of carbonyl (C=O) groups is 2. The number of nitrogens with zero attached hydrogens (tertiary/aromatic N) is 3. The van der Waals surface area contributed by atoms with Gasteiger partial charge in [0.25, 0.3) is 5.91 Å². The molecule has 0 unspecified atom stereocenters. The number of sulfonamides is 1. The first-order valence-electron chi connectivity index (χ1n) is 11.9. The maximum atomic E-state index is 13.3. The normalized spacial score (nSPS) is 14.9. The molecule has 1 heterocycles. The highest BCUT2D eigenvalue weighted by Gasteiger charge is 2.36. The van der Waals surface area contributed by atoms with Crippen molar-refractivity contribution < 1.29 is 18.0 Å². The fraction of sp³-hybridized carbons (Fsp3) is 0.583. The summed E-state index contributed by atoms with van der Waals surface area (Å²) in [5.41, 5.74) is 0.456. The van der Waals surface area contributed by atoms with Gasteiger partial charge in [-0.3, -0.25) is 14.3 Å². The van der Waals surface area contributed by atoms with Crippen molar-refractivity contribution in [1.29, 1.82) is 5.26 Å². The molecule has 3 rings (SSSR count). The van der Waals surface area contributed by atoms with Gasteiger partial charge in [0, 0.05) is 31.4 Å². The second-order valence-corrected chi connectivity index (χ2v) is 12.0. The molecule has 3 N–H and O–H groups in total. The summed E-state index contributed by atoms with van der Waals surface area (Å²) in [6.45, 7) is 6.33. The highest BCUT2D eigenvalue weighted by Crippen LogP contribution is 2.27. The molecule has 0 spiro atoms. The van der Waals surface area contributed by atoms with Crippen LogP contribution in [0, 0.1) is 16.7 Å². The van der Waals surface area contributed by atoms with Gasteiger partial charge in [-0.05, 0) is 37.2 Å². The van der Waals surface area contributed by atoms with Crippen molar-refractivity contribution >= 4 is 32.7 Å². The smallest absolute Gasteiger partial charge is 0.273 e. The molecule has 35 heavy (non-hydrogen) atoms. The number of amides is 2. The number of hydrogen-bond donors (Lipinski definition) is 3. The highest BCUT2D eigenvalue weighted by atomic mass is 32.2. The van der Waals surface area contributed by atoms with Crippen molar-refractivity contribution in [2.75, 3.05) is 13.1 Å². The van der Waals surface area contributed by atoms with E-state index in [-0.39, 0.29) is 24.0 Å². The first-order chi connectivity index (χ1) is 16.5. The van der Waals surface area contributed by atoms with Gasteiger partial charge >= 0.3 is 0 Å². The summed E-state index contributed by atoms with van der Waals surface area (Å²) in [4.78, 5) is 26.2. The topological polar surface area (TPSA) is 146 Å². The number of para-hydroxylation sites is 1. The van der Waals surface area contributed by atoms with E-state index in [4.69, 9.17) is 5.26 Å². The van der Waals surface area contributed by atoms with E-state index in [1.807, 2.05) is 45.0 Å². The standard InChI is InChI=1S/C24H34N6O4S/c1-24(2,3)21(23(32)26-14-15-27-35(33,34)17-11-12-17)28-22(31)20-18-9-5-6-10-19(18)30(29-20)16-8-4-7-13-25/h5-6,9-10,17,21,27H,4,7-8,11-12,14-16H2,1-3H3,(H,26,32)(H,28,31)/t21-/m1/s1. The number of aromatic nitrogens is 2. The fourth-order valence-corrected chi connectivity index (χ4v) is 5.16. The maximum absolute atomic E-state index is 13.3. The van der Waals surface area contributed by atoms with Crippen LogP contribution in [0.4, 0.5) is 0 Å². The average Bonchev–Trinajstić information content (AvgIpc) is 3.60. The van der Waals surface area contributed by atoms with Crippen LogP contribution in [0.3, 0.4) is 0 Å². The molecule has 1 aromatic heterocycles. The molecule has 0 aliphatic heterocycles. The second kappa shape index (κ2) is 11.2. The third-order valence-electron chi connectivity index (χ3n) is 5.88. The molecule has 1 aliphatic rings. The predicted molar refractivity (Wildman–Crippen MR) is 133 cm³/mol. The summed E-state index contributed by atoms with van der Waals surface area (Å²) < 4.78 is 28.1. The van der Waals surface area contributed by atoms with Crippen LogP contribution in [0.5, 0.6) is 0 Å². The Hall–Kier alpha value is -2.97. The number of aryl methyl sites for hydroxylation is 1. The van der Waals surface area contributed by atoms with Crippen molar-refractivity contribution in [3.05, 3.63) is 30.0 Å². The van der Waals surface area contributed by atoms with Crippen molar-refractivity contribution in [3.63, 3.8) is 0 Å². The molecule has 1 aliphatic carbocycles. The number of benzene rings is 1. The van der Waals surface area contributed by atoms with Crippen LogP contribution in [0.2, 0.25) is 0 Å². The monoisotopic (exact) mass is 502 g/mol. The van der Waals surface area contributed by atoms with Gasteiger partial charge in [0.15, 0.2) is 5.69 Å². The number of nitrogens with one attached hydrogen (secondary N) is 3. The van der Waals surface area contributed by atoms with E-state index in [1.165, 1.54) is 0 Å². The zero-order valence-corrected chi connectivity index (χ0v) is 21.3. The minimum Gasteiger partial charge on any atom is -0.353 e. The van der Waals surface area contributed by atoms with E-state index < -0.39 is 33.3 Å². The molecule has 10 nitrogen and oxygen atoms in total. The summed E-state index contributed by atoms with van der Waals surface area (Å²) in [5.74, 6) is -0.849. The van der Waals surface area contributed by atoms with Crippen LogP contribution in [-0.4, -0.2) is 54.4 Å². The molecule has 1 fully saturated rings. The van der Waals surface area contributed by atoms with Gasteiger partial charge in [0.2, 0.25) is 15.9 Å². The lowest BCUT2D eigenvalue weighted by atomic mass is 9.86. The van der Waals surface area contributed by atoms with Crippen molar-refractivity contribution in [2.24, 2.45) is 5.41 Å². The Bertz CT molecular complexity index is 1200. The van der Waals surface area contributed by atoms with Crippen LogP contribution in [-0.2, 0) is 21.4 Å². The number of rotatable bonds is 12. The maximum Gasteiger partial charge on any atom is 0.273 e. The van der Waals surface area contributed by atoms with E-state index in [2.05, 4.69) is 26.5 Å². The lowest BCUT2D eigenvalue weighted by Crippen LogP contribution is -2.54. The van der Waals surface area contributed by atoms with Crippen LogP contribution >= 0.6 is 0 Å².